The second kappa shape index (κ2) is 7.70. The van der Waals surface area contributed by atoms with Gasteiger partial charge in [-0.3, -0.25) is 14.5 Å². The minimum atomic E-state index is -0.564. The summed E-state index contributed by atoms with van der Waals surface area (Å²) in [5.74, 6) is -1.35. The van der Waals surface area contributed by atoms with Crippen molar-refractivity contribution in [2.45, 2.75) is 37.8 Å². The lowest BCUT2D eigenvalue weighted by Gasteiger charge is -2.15. The average molecular weight is 460 g/mol. The number of aromatic amines is 1. The summed E-state index contributed by atoms with van der Waals surface area (Å²) in [7, 11) is 0. The number of para-hydroxylation sites is 2. The Morgan fingerprint density at radius 1 is 0.800 bits per heavy atom. The smallest absolute Gasteiger partial charge is 0.238 e. The maximum atomic E-state index is 14.1. The number of hydrogen-bond donors (Lipinski definition) is 1. The molecule has 7 rings (SSSR count). The summed E-state index contributed by atoms with van der Waals surface area (Å²) in [6, 6.07) is 24.2. The van der Waals surface area contributed by atoms with Gasteiger partial charge in [0.15, 0.2) is 0 Å². The fraction of sp³-hybridized carbons (Fsp3) is 0.200. The first-order chi connectivity index (χ1) is 17.2. The predicted octanol–water partition coefficient (Wildman–Crippen LogP) is 5.51. The van der Waals surface area contributed by atoms with Crippen molar-refractivity contribution in [1.82, 2.24) is 14.5 Å². The van der Waals surface area contributed by atoms with Gasteiger partial charge in [0.25, 0.3) is 0 Å². The number of carbonyl (C=O) groups excluding carboxylic acids is 2. The number of benzene rings is 3. The van der Waals surface area contributed by atoms with E-state index in [4.69, 9.17) is 0 Å². The van der Waals surface area contributed by atoms with Gasteiger partial charge in [-0.2, -0.15) is 0 Å². The molecule has 0 spiro atoms. The summed E-state index contributed by atoms with van der Waals surface area (Å²) >= 11 is 0. The van der Waals surface area contributed by atoms with Crippen LogP contribution in [0.4, 0.5) is 0 Å². The summed E-state index contributed by atoms with van der Waals surface area (Å²) in [5.41, 5.74) is 6.33. The standard InChI is InChI=1S/C30H25N3O2/c34-29-26(23-16-31-25-14-5-4-12-21(23)25)27(30(35)33(29)17-19-8-2-1-3-9-19)24-18-32-15-7-11-20-10-6-13-22(24)28(20)32/h1-6,8-10,12-14,16,18,26-27,31H,7,11,15,17H2. The number of H-pyrrole nitrogens is 1. The Morgan fingerprint density at radius 2 is 1.54 bits per heavy atom. The summed E-state index contributed by atoms with van der Waals surface area (Å²) < 4.78 is 2.29. The largest absolute Gasteiger partial charge is 0.361 e. The molecule has 35 heavy (non-hydrogen) atoms. The Bertz CT molecular complexity index is 1610. The Morgan fingerprint density at radius 3 is 2.40 bits per heavy atom. The molecule has 2 amide bonds. The van der Waals surface area contributed by atoms with E-state index in [-0.39, 0.29) is 18.4 Å². The number of likely N-dealkylation sites (tertiary alicyclic amines) is 1. The molecule has 5 aromatic rings. The first kappa shape index (κ1) is 20.3. The third kappa shape index (κ3) is 3.01. The fourth-order valence-corrected chi connectivity index (χ4v) is 6.16. The van der Waals surface area contributed by atoms with Crippen LogP contribution in [-0.2, 0) is 29.1 Å². The number of nitrogens with one attached hydrogen (secondary N) is 1. The molecule has 0 aliphatic carbocycles. The van der Waals surface area contributed by atoms with Gasteiger partial charge in [0.1, 0.15) is 0 Å². The van der Waals surface area contributed by atoms with Crippen LogP contribution in [0.1, 0.15) is 40.5 Å². The quantitative estimate of drug-likeness (QED) is 0.361. The molecular formula is C30H25N3O2. The number of nitrogens with zero attached hydrogens (tertiary/aromatic N) is 2. The molecule has 1 N–H and O–H groups in total. The van der Waals surface area contributed by atoms with Crippen LogP contribution in [0.2, 0.25) is 0 Å². The molecule has 2 aromatic heterocycles. The van der Waals surface area contributed by atoms with E-state index in [2.05, 4.69) is 33.9 Å². The normalized spacial score (nSPS) is 19.8. The van der Waals surface area contributed by atoms with E-state index in [1.165, 1.54) is 16.0 Å². The zero-order chi connectivity index (χ0) is 23.5. The number of hydrogen-bond acceptors (Lipinski definition) is 2. The maximum absolute atomic E-state index is 14.1. The van der Waals surface area contributed by atoms with Gasteiger partial charge in [0.05, 0.1) is 23.9 Å². The number of aryl methyl sites for hydroxylation is 2. The highest BCUT2D eigenvalue weighted by Crippen LogP contribution is 2.47. The van der Waals surface area contributed by atoms with Crippen molar-refractivity contribution >= 4 is 33.6 Å². The van der Waals surface area contributed by atoms with Gasteiger partial charge in [0.2, 0.25) is 11.8 Å². The van der Waals surface area contributed by atoms with E-state index in [0.717, 1.165) is 52.4 Å². The Balaban J connectivity index is 1.42. The van der Waals surface area contributed by atoms with E-state index in [9.17, 15) is 9.59 Å². The molecule has 5 heteroatoms. The second-order valence-electron chi connectivity index (χ2n) is 9.69. The van der Waals surface area contributed by atoms with E-state index in [1.54, 1.807) is 0 Å². The van der Waals surface area contributed by atoms with Crippen LogP contribution >= 0.6 is 0 Å². The molecule has 2 aliphatic rings. The lowest BCUT2D eigenvalue weighted by atomic mass is 9.83. The number of fused-ring (bicyclic) bond motifs is 1. The van der Waals surface area contributed by atoms with Gasteiger partial charge >= 0.3 is 0 Å². The third-order valence-corrected chi connectivity index (χ3v) is 7.73. The van der Waals surface area contributed by atoms with E-state index in [0.29, 0.717) is 0 Å². The van der Waals surface area contributed by atoms with Crippen LogP contribution in [0.3, 0.4) is 0 Å². The topological polar surface area (TPSA) is 58.1 Å². The Kier molecular flexibility index (Phi) is 4.46. The second-order valence-corrected chi connectivity index (χ2v) is 9.69. The zero-order valence-corrected chi connectivity index (χ0v) is 19.3. The average Bonchev–Trinajstić information content (AvgIpc) is 3.55. The predicted molar refractivity (Wildman–Crippen MR) is 136 cm³/mol. The van der Waals surface area contributed by atoms with Gasteiger partial charge in [-0.05, 0) is 41.2 Å². The first-order valence-corrected chi connectivity index (χ1v) is 12.3. The highest BCUT2D eigenvalue weighted by Gasteiger charge is 2.50. The number of carbonyl (C=O) groups is 2. The van der Waals surface area contributed by atoms with Crippen molar-refractivity contribution < 1.29 is 9.59 Å². The van der Waals surface area contributed by atoms with Crippen molar-refractivity contribution in [3.8, 4) is 0 Å². The van der Waals surface area contributed by atoms with Crippen LogP contribution < -0.4 is 0 Å². The lowest BCUT2D eigenvalue weighted by molar-refractivity contribution is -0.139. The molecular weight excluding hydrogens is 434 g/mol. The minimum absolute atomic E-state index is 0.113. The van der Waals surface area contributed by atoms with Gasteiger partial charge in [-0.15, -0.1) is 0 Å². The number of imide groups is 1. The first-order valence-electron chi connectivity index (χ1n) is 12.3. The van der Waals surface area contributed by atoms with Crippen molar-refractivity contribution in [2.75, 3.05) is 0 Å². The van der Waals surface area contributed by atoms with Crippen molar-refractivity contribution in [3.05, 3.63) is 107 Å². The minimum Gasteiger partial charge on any atom is -0.361 e. The van der Waals surface area contributed by atoms with Gasteiger partial charge in [-0.25, -0.2) is 0 Å². The maximum Gasteiger partial charge on any atom is 0.238 e. The zero-order valence-electron chi connectivity index (χ0n) is 19.3. The molecule has 1 saturated heterocycles. The third-order valence-electron chi connectivity index (χ3n) is 7.73. The molecule has 172 valence electrons. The van der Waals surface area contributed by atoms with Crippen LogP contribution in [-0.4, -0.2) is 26.3 Å². The molecule has 2 unspecified atom stereocenters. The molecule has 1 fully saturated rings. The molecule has 2 aliphatic heterocycles. The van der Waals surface area contributed by atoms with Crippen molar-refractivity contribution in [1.29, 1.82) is 0 Å². The van der Waals surface area contributed by atoms with Gasteiger partial charge in [0, 0.05) is 35.2 Å². The number of aromatic nitrogens is 2. The highest BCUT2D eigenvalue weighted by atomic mass is 16.2. The molecule has 2 atom stereocenters. The van der Waals surface area contributed by atoms with E-state index < -0.39 is 11.8 Å². The van der Waals surface area contributed by atoms with Crippen LogP contribution in [0, 0.1) is 0 Å². The van der Waals surface area contributed by atoms with Crippen LogP contribution in [0.25, 0.3) is 21.8 Å². The lowest BCUT2D eigenvalue weighted by Crippen LogP contribution is -2.30. The van der Waals surface area contributed by atoms with Gasteiger partial charge in [-0.1, -0.05) is 66.7 Å². The Labute approximate surface area is 203 Å². The molecule has 0 bridgehead atoms. The van der Waals surface area contributed by atoms with Crippen LogP contribution in [0.15, 0.2) is 85.2 Å². The molecule has 0 radical (unpaired) electrons. The van der Waals surface area contributed by atoms with E-state index >= 15 is 0 Å². The summed E-state index contributed by atoms with van der Waals surface area (Å²) in [4.78, 5) is 32.9. The number of rotatable bonds is 4. The summed E-state index contributed by atoms with van der Waals surface area (Å²) in [6.07, 6.45) is 6.19. The fourth-order valence-electron chi connectivity index (χ4n) is 6.16. The van der Waals surface area contributed by atoms with Crippen molar-refractivity contribution in [2.24, 2.45) is 0 Å². The SMILES string of the molecule is O=C1C(c2c[nH]c3ccccc23)C(c2cn3c4c(cccc24)CCC3)C(=O)N1Cc1ccccc1. The molecule has 3 aromatic carbocycles. The molecule has 4 heterocycles. The Hall–Kier alpha value is -4.12. The van der Waals surface area contributed by atoms with Crippen LogP contribution in [0.5, 0.6) is 0 Å². The molecule has 5 nitrogen and oxygen atoms in total. The number of amides is 2. The summed E-state index contributed by atoms with van der Waals surface area (Å²) in [6.45, 7) is 1.23. The molecule has 0 saturated carbocycles. The van der Waals surface area contributed by atoms with E-state index in [1.807, 2.05) is 60.8 Å². The summed E-state index contributed by atoms with van der Waals surface area (Å²) in [5, 5.41) is 2.10. The monoisotopic (exact) mass is 459 g/mol. The van der Waals surface area contributed by atoms with Gasteiger partial charge < -0.3 is 9.55 Å². The highest BCUT2D eigenvalue weighted by molar-refractivity contribution is 6.13. The van der Waals surface area contributed by atoms with Crippen molar-refractivity contribution in [3.63, 3.8) is 0 Å².